The molecule has 0 saturated carbocycles. The maximum atomic E-state index is 11.1. The van der Waals surface area contributed by atoms with Crippen LogP contribution < -0.4 is 0 Å². The summed E-state index contributed by atoms with van der Waals surface area (Å²) in [5, 5.41) is 0. The third-order valence-electron chi connectivity index (χ3n) is 1.72. The van der Waals surface area contributed by atoms with E-state index >= 15 is 0 Å². The number of Topliss-reactive ketones (excluding diaryl/α,β-unsaturated/α-hetero) is 1. The molecule has 1 aliphatic carbocycles. The Balaban J connectivity index is 2.57. The van der Waals surface area contributed by atoms with Crippen molar-refractivity contribution in [2.45, 2.75) is 26.7 Å². The van der Waals surface area contributed by atoms with Gasteiger partial charge >= 0.3 is 0 Å². The van der Waals surface area contributed by atoms with Gasteiger partial charge in [-0.3, -0.25) is 4.79 Å². The van der Waals surface area contributed by atoms with E-state index in [0.717, 1.165) is 12.0 Å². The highest BCUT2D eigenvalue weighted by Crippen LogP contribution is 2.19. The second kappa shape index (κ2) is 2.82. The summed E-state index contributed by atoms with van der Waals surface area (Å²) in [5.74, 6) is 0.285. The lowest BCUT2D eigenvalue weighted by Crippen LogP contribution is -1.97. The van der Waals surface area contributed by atoms with Gasteiger partial charge in [-0.05, 0) is 18.9 Å². The molecule has 1 heteroatoms. The topological polar surface area (TPSA) is 17.1 Å². The number of rotatable bonds is 2. The lowest BCUT2D eigenvalue weighted by Gasteiger charge is -1.96. The first-order valence-electron chi connectivity index (χ1n) is 3.63. The van der Waals surface area contributed by atoms with Crippen molar-refractivity contribution in [3.05, 3.63) is 23.3 Å². The summed E-state index contributed by atoms with van der Waals surface area (Å²) in [6.07, 6.45) is 5.45. The van der Waals surface area contributed by atoms with Gasteiger partial charge in [-0.15, -0.1) is 0 Å². The zero-order valence-corrected chi connectivity index (χ0v) is 6.48. The van der Waals surface area contributed by atoms with Gasteiger partial charge in [0.15, 0.2) is 5.78 Å². The van der Waals surface area contributed by atoms with Gasteiger partial charge in [0.25, 0.3) is 0 Å². The number of carbonyl (C=O) groups is 1. The summed E-state index contributed by atoms with van der Waals surface area (Å²) in [6.45, 7) is 3.95. The van der Waals surface area contributed by atoms with Crippen molar-refractivity contribution in [3.8, 4) is 0 Å². The van der Waals surface area contributed by atoms with Gasteiger partial charge in [0, 0.05) is 6.42 Å². The highest BCUT2D eigenvalue weighted by Gasteiger charge is 2.10. The van der Waals surface area contributed by atoms with Crippen LogP contribution in [0.1, 0.15) is 26.7 Å². The molecule has 0 atom stereocenters. The van der Waals surface area contributed by atoms with Crippen LogP contribution >= 0.6 is 0 Å². The quantitative estimate of drug-likeness (QED) is 0.569. The maximum Gasteiger partial charge on any atom is 0.158 e. The number of hydrogen-bond donors (Lipinski definition) is 0. The van der Waals surface area contributed by atoms with Gasteiger partial charge in [0.2, 0.25) is 0 Å². The fourth-order valence-electron chi connectivity index (χ4n) is 1.08. The average Bonchev–Trinajstić information content (AvgIpc) is 2.34. The highest BCUT2D eigenvalue weighted by atomic mass is 16.1. The van der Waals surface area contributed by atoms with Crippen molar-refractivity contribution in [2.75, 3.05) is 0 Å². The SMILES string of the molecule is CCC(=O)C1=CC=C(C)C1. The molecule has 54 valence electrons. The van der Waals surface area contributed by atoms with E-state index in [1.165, 1.54) is 5.57 Å². The molecule has 0 unspecified atom stereocenters. The number of carbonyl (C=O) groups excluding carboxylic acids is 1. The second-order valence-corrected chi connectivity index (χ2v) is 2.66. The Morgan fingerprint density at radius 3 is 2.70 bits per heavy atom. The van der Waals surface area contributed by atoms with Crippen molar-refractivity contribution in [2.24, 2.45) is 0 Å². The summed E-state index contributed by atoms with van der Waals surface area (Å²) in [4.78, 5) is 11.1. The van der Waals surface area contributed by atoms with E-state index in [2.05, 4.69) is 0 Å². The van der Waals surface area contributed by atoms with Crippen molar-refractivity contribution < 1.29 is 4.79 Å². The normalized spacial score (nSPS) is 16.6. The van der Waals surface area contributed by atoms with E-state index in [9.17, 15) is 4.79 Å². The van der Waals surface area contributed by atoms with Gasteiger partial charge < -0.3 is 0 Å². The maximum absolute atomic E-state index is 11.1. The van der Waals surface area contributed by atoms with Gasteiger partial charge in [0.1, 0.15) is 0 Å². The molecule has 1 nitrogen and oxygen atoms in total. The fourth-order valence-corrected chi connectivity index (χ4v) is 1.08. The van der Waals surface area contributed by atoms with Crippen molar-refractivity contribution in [3.63, 3.8) is 0 Å². The molecule has 0 saturated heterocycles. The lowest BCUT2D eigenvalue weighted by molar-refractivity contribution is -0.115. The first kappa shape index (κ1) is 7.26. The molecule has 1 aliphatic rings. The standard InChI is InChI=1S/C9H12O/c1-3-9(10)8-5-4-7(2)6-8/h4-5H,3,6H2,1-2H3. The Labute approximate surface area is 61.4 Å². The summed E-state index contributed by atoms with van der Waals surface area (Å²) in [7, 11) is 0. The molecule has 0 aliphatic heterocycles. The number of hydrogen-bond acceptors (Lipinski definition) is 1. The summed E-state index contributed by atoms with van der Waals surface area (Å²) < 4.78 is 0. The zero-order chi connectivity index (χ0) is 7.56. The minimum atomic E-state index is 0.285. The van der Waals surface area contributed by atoms with E-state index in [-0.39, 0.29) is 5.78 Å². The molecule has 0 amide bonds. The molecule has 0 aromatic rings. The summed E-state index contributed by atoms with van der Waals surface area (Å²) >= 11 is 0. The molecular formula is C9H12O. The van der Waals surface area contributed by atoms with Gasteiger partial charge in [-0.25, -0.2) is 0 Å². The van der Waals surface area contributed by atoms with E-state index in [0.29, 0.717) is 6.42 Å². The minimum absolute atomic E-state index is 0.285. The summed E-state index contributed by atoms with van der Waals surface area (Å²) in [5.41, 5.74) is 2.26. The van der Waals surface area contributed by atoms with Crippen molar-refractivity contribution in [1.29, 1.82) is 0 Å². The van der Waals surface area contributed by atoms with Crippen molar-refractivity contribution >= 4 is 5.78 Å². The van der Waals surface area contributed by atoms with Crippen molar-refractivity contribution in [1.82, 2.24) is 0 Å². The van der Waals surface area contributed by atoms with Crippen LogP contribution in [0.15, 0.2) is 23.3 Å². The Bertz CT molecular complexity index is 209. The molecule has 0 spiro atoms. The number of ketones is 1. The molecule has 0 radical (unpaired) electrons. The zero-order valence-electron chi connectivity index (χ0n) is 6.48. The highest BCUT2D eigenvalue weighted by molar-refractivity contribution is 5.96. The Kier molecular flexibility index (Phi) is 2.05. The van der Waals surface area contributed by atoms with E-state index in [1.54, 1.807) is 0 Å². The molecule has 0 aromatic carbocycles. The Morgan fingerprint density at radius 2 is 2.30 bits per heavy atom. The van der Waals surface area contributed by atoms with Crippen LogP contribution in [0.5, 0.6) is 0 Å². The molecule has 0 heterocycles. The second-order valence-electron chi connectivity index (χ2n) is 2.66. The van der Waals surface area contributed by atoms with Crippen LogP contribution in [0.2, 0.25) is 0 Å². The van der Waals surface area contributed by atoms with Crippen LogP contribution in [0, 0.1) is 0 Å². The van der Waals surface area contributed by atoms with Gasteiger partial charge in [0.05, 0.1) is 0 Å². The predicted molar refractivity (Wildman–Crippen MR) is 41.8 cm³/mol. The minimum Gasteiger partial charge on any atom is -0.295 e. The van der Waals surface area contributed by atoms with E-state index < -0.39 is 0 Å². The fraction of sp³-hybridized carbons (Fsp3) is 0.444. The number of allylic oxidation sites excluding steroid dienone is 4. The molecule has 0 bridgehead atoms. The lowest BCUT2D eigenvalue weighted by atomic mass is 10.1. The average molecular weight is 136 g/mol. The third-order valence-corrected chi connectivity index (χ3v) is 1.72. The Hall–Kier alpha value is -0.850. The van der Waals surface area contributed by atoms with Gasteiger partial charge in [-0.2, -0.15) is 0 Å². The van der Waals surface area contributed by atoms with Gasteiger partial charge in [-0.1, -0.05) is 24.6 Å². The smallest absolute Gasteiger partial charge is 0.158 e. The molecule has 1 rings (SSSR count). The summed E-state index contributed by atoms with van der Waals surface area (Å²) in [6, 6.07) is 0. The van der Waals surface area contributed by atoms with Crippen LogP contribution in [-0.4, -0.2) is 5.78 Å². The largest absolute Gasteiger partial charge is 0.295 e. The van der Waals surface area contributed by atoms with Crippen LogP contribution in [0.3, 0.4) is 0 Å². The van der Waals surface area contributed by atoms with Crippen LogP contribution in [0.25, 0.3) is 0 Å². The van der Waals surface area contributed by atoms with Crippen LogP contribution in [-0.2, 0) is 4.79 Å². The molecule has 0 aromatic heterocycles. The van der Waals surface area contributed by atoms with E-state index in [1.807, 2.05) is 26.0 Å². The van der Waals surface area contributed by atoms with Crippen LogP contribution in [0.4, 0.5) is 0 Å². The Morgan fingerprint density at radius 1 is 1.60 bits per heavy atom. The molecular weight excluding hydrogens is 124 g/mol. The molecule has 10 heavy (non-hydrogen) atoms. The predicted octanol–water partition coefficient (Wildman–Crippen LogP) is 2.24. The monoisotopic (exact) mass is 136 g/mol. The molecule has 0 fully saturated rings. The molecule has 0 N–H and O–H groups in total. The first-order valence-corrected chi connectivity index (χ1v) is 3.63. The van der Waals surface area contributed by atoms with E-state index in [4.69, 9.17) is 0 Å². The first-order chi connectivity index (χ1) is 4.74. The third kappa shape index (κ3) is 1.35.